The van der Waals surface area contributed by atoms with E-state index in [-0.39, 0.29) is 5.56 Å². The van der Waals surface area contributed by atoms with Crippen LogP contribution in [0.2, 0.25) is 0 Å². The maximum atomic E-state index is 13.9. The molecule has 0 saturated heterocycles. The lowest BCUT2D eigenvalue weighted by Gasteiger charge is -2.07. The molecule has 0 radical (unpaired) electrons. The average molecular weight is 262 g/mol. The highest BCUT2D eigenvalue weighted by molar-refractivity contribution is 7.71. The highest BCUT2D eigenvalue weighted by atomic mass is 32.1. The summed E-state index contributed by atoms with van der Waals surface area (Å²) in [7, 11) is 0. The molecule has 0 aliphatic rings. The van der Waals surface area contributed by atoms with Gasteiger partial charge in [0.05, 0.1) is 17.3 Å². The van der Waals surface area contributed by atoms with Crippen LogP contribution in [0.4, 0.5) is 4.39 Å². The molecule has 0 unspecified atom stereocenters. The van der Waals surface area contributed by atoms with Crippen LogP contribution in [0, 0.1) is 21.9 Å². The van der Waals surface area contributed by atoms with Crippen molar-refractivity contribution in [2.45, 2.75) is 19.8 Å². The van der Waals surface area contributed by atoms with Crippen molar-refractivity contribution in [1.82, 2.24) is 14.8 Å². The Morgan fingerprint density at radius 3 is 2.94 bits per heavy atom. The molecule has 0 fully saturated rings. The Hall–Kier alpha value is -2.00. The van der Waals surface area contributed by atoms with Gasteiger partial charge in [0.25, 0.3) is 0 Å². The van der Waals surface area contributed by atoms with Gasteiger partial charge in [0, 0.05) is 6.42 Å². The standard InChI is InChI=1S/C12H11FN4S/c1-2-3-11-15-16-12(18)17(11)10-5-4-8(7-14)6-9(10)13/h4-6H,2-3H2,1H3,(H,16,18). The van der Waals surface area contributed by atoms with Gasteiger partial charge in [-0.1, -0.05) is 6.92 Å². The van der Waals surface area contributed by atoms with Gasteiger partial charge in [-0.25, -0.2) is 4.39 Å². The first-order chi connectivity index (χ1) is 8.67. The van der Waals surface area contributed by atoms with E-state index in [1.807, 2.05) is 13.0 Å². The zero-order chi connectivity index (χ0) is 13.1. The van der Waals surface area contributed by atoms with Gasteiger partial charge < -0.3 is 0 Å². The molecule has 1 aromatic carbocycles. The van der Waals surface area contributed by atoms with Gasteiger partial charge in [-0.05, 0) is 36.8 Å². The normalized spacial score (nSPS) is 10.3. The van der Waals surface area contributed by atoms with E-state index in [1.165, 1.54) is 6.07 Å². The van der Waals surface area contributed by atoms with E-state index >= 15 is 0 Å². The molecule has 1 N–H and O–H groups in total. The Balaban J connectivity index is 2.59. The molecule has 0 amide bonds. The molecule has 0 saturated carbocycles. The van der Waals surface area contributed by atoms with E-state index in [0.717, 1.165) is 6.42 Å². The molecule has 0 atom stereocenters. The summed E-state index contributed by atoms with van der Waals surface area (Å²) in [6, 6.07) is 6.19. The quantitative estimate of drug-likeness (QED) is 0.865. The van der Waals surface area contributed by atoms with Crippen LogP contribution in [0.3, 0.4) is 0 Å². The third-order valence-electron chi connectivity index (χ3n) is 2.53. The molecular weight excluding hydrogens is 251 g/mol. The van der Waals surface area contributed by atoms with Crippen molar-refractivity contribution < 1.29 is 4.39 Å². The topological polar surface area (TPSA) is 57.4 Å². The van der Waals surface area contributed by atoms with E-state index in [4.69, 9.17) is 17.5 Å². The molecule has 4 nitrogen and oxygen atoms in total. The number of hydrogen-bond acceptors (Lipinski definition) is 3. The number of hydrogen-bond donors (Lipinski definition) is 1. The van der Waals surface area contributed by atoms with Crippen molar-refractivity contribution in [1.29, 1.82) is 5.26 Å². The number of nitrogens with one attached hydrogen (secondary N) is 1. The first-order valence-corrected chi connectivity index (χ1v) is 5.94. The Morgan fingerprint density at radius 1 is 1.56 bits per heavy atom. The van der Waals surface area contributed by atoms with Gasteiger partial charge in [0.1, 0.15) is 11.6 Å². The largest absolute Gasteiger partial charge is 0.269 e. The van der Waals surface area contributed by atoms with E-state index < -0.39 is 5.82 Å². The van der Waals surface area contributed by atoms with Crippen molar-refractivity contribution in [3.8, 4) is 11.8 Å². The molecule has 0 bridgehead atoms. The highest BCUT2D eigenvalue weighted by Gasteiger charge is 2.12. The Labute approximate surface area is 109 Å². The lowest BCUT2D eigenvalue weighted by Crippen LogP contribution is -2.04. The number of aromatic nitrogens is 3. The Bertz CT molecular complexity index is 665. The number of nitriles is 1. The van der Waals surface area contributed by atoms with E-state index in [1.54, 1.807) is 16.7 Å². The van der Waals surface area contributed by atoms with Crippen LogP contribution in [0.25, 0.3) is 5.69 Å². The average Bonchev–Trinajstić information content (AvgIpc) is 2.71. The minimum atomic E-state index is -0.482. The van der Waals surface area contributed by atoms with Crippen LogP contribution in [-0.4, -0.2) is 14.8 Å². The first kappa shape index (κ1) is 12.5. The van der Waals surface area contributed by atoms with Gasteiger partial charge in [-0.15, -0.1) is 0 Å². The molecule has 0 aliphatic heterocycles. The van der Waals surface area contributed by atoms with Gasteiger partial charge in [-0.2, -0.15) is 10.4 Å². The van der Waals surface area contributed by atoms with Crippen LogP contribution in [0.5, 0.6) is 0 Å². The third-order valence-corrected chi connectivity index (χ3v) is 2.81. The number of H-pyrrole nitrogens is 1. The van der Waals surface area contributed by atoms with Crippen molar-refractivity contribution in [3.63, 3.8) is 0 Å². The van der Waals surface area contributed by atoms with Gasteiger partial charge in [0.15, 0.2) is 4.77 Å². The summed E-state index contributed by atoms with van der Waals surface area (Å²) in [5.74, 6) is 0.204. The summed E-state index contributed by atoms with van der Waals surface area (Å²) >= 11 is 5.10. The van der Waals surface area contributed by atoms with Crippen molar-refractivity contribution in [2.24, 2.45) is 0 Å². The van der Waals surface area contributed by atoms with Crippen molar-refractivity contribution >= 4 is 12.2 Å². The second kappa shape index (κ2) is 5.10. The minimum absolute atomic E-state index is 0.281. The molecule has 2 rings (SSSR count). The summed E-state index contributed by atoms with van der Waals surface area (Å²) < 4.78 is 15.9. The van der Waals surface area contributed by atoms with Crippen molar-refractivity contribution in [2.75, 3.05) is 0 Å². The molecule has 18 heavy (non-hydrogen) atoms. The molecule has 1 heterocycles. The third kappa shape index (κ3) is 2.17. The maximum absolute atomic E-state index is 13.9. The van der Waals surface area contributed by atoms with Crippen LogP contribution in [-0.2, 0) is 6.42 Å². The molecule has 1 aromatic heterocycles. The second-order valence-electron chi connectivity index (χ2n) is 3.81. The highest BCUT2D eigenvalue weighted by Crippen LogP contribution is 2.17. The molecule has 0 spiro atoms. The second-order valence-corrected chi connectivity index (χ2v) is 4.20. The minimum Gasteiger partial charge on any atom is -0.269 e. The van der Waals surface area contributed by atoms with Crippen LogP contribution < -0.4 is 0 Å². The van der Waals surface area contributed by atoms with Gasteiger partial charge in [-0.3, -0.25) is 9.67 Å². The fourth-order valence-electron chi connectivity index (χ4n) is 1.73. The SMILES string of the molecule is CCCc1n[nH]c(=S)n1-c1ccc(C#N)cc1F. The summed E-state index contributed by atoms with van der Waals surface area (Å²) in [6.07, 6.45) is 1.59. The van der Waals surface area contributed by atoms with Crippen LogP contribution in [0.1, 0.15) is 24.7 Å². The predicted octanol–water partition coefficient (Wildman–Crippen LogP) is 2.89. The zero-order valence-electron chi connectivity index (χ0n) is 9.77. The number of rotatable bonds is 3. The number of halogens is 1. The van der Waals surface area contributed by atoms with Gasteiger partial charge >= 0.3 is 0 Å². The molecule has 0 aliphatic carbocycles. The molecule has 92 valence electrons. The van der Waals surface area contributed by atoms with E-state index in [9.17, 15) is 4.39 Å². The summed E-state index contributed by atoms with van der Waals surface area (Å²) in [4.78, 5) is 0. The lowest BCUT2D eigenvalue weighted by atomic mass is 10.2. The predicted molar refractivity (Wildman–Crippen MR) is 67.4 cm³/mol. The van der Waals surface area contributed by atoms with E-state index in [2.05, 4.69) is 10.2 Å². The number of aromatic amines is 1. The lowest BCUT2D eigenvalue weighted by molar-refractivity contribution is 0.613. The Kier molecular flexibility index (Phi) is 3.53. The van der Waals surface area contributed by atoms with Gasteiger partial charge in [0.2, 0.25) is 0 Å². The number of nitrogens with zero attached hydrogens (tertiary/aromatic N) is 3. The van der Waals surface area contributed by atoms with Crippen LogP contribution in [0.15, 0.2) is 18.2 Å². The molecule has 2 aromatic rings. The fraction of sp³-hybridized carbons (Fsp3) is 0.250. The smallest absolute Gasteiger partial charge is 0.199 e. The van der Waals surface area contributed by atoms with E-state index in [0.29, 0.717) is 22.7 Å². The summed E-state index contributed by atoms with van der Waals surface area (Å²) in [5, 5.41) is 15.5. The summed E-state index contributed by atoms with van der Waals surface area (Å²) in [6.45, 7) is 2.01. The summed E-state index contributed by atoms with van der Waals surface area (Å²) in [5.41, 5.74) is 0.597. The fourth-order valence-corrected chi connectivity index (χ4v) is 1.98. The monoisotopic (exact) mass is 262 g/mol. The molecule has 6 heteroatoms. The maximum Gasteiger partial charge on any atom is 0.199 e. The Morgan fingerprint density at radius 2 is 2.33 bits per heavy atom. The number of aryl methyl sites for hydroxylation is 1. The van der Waals surface area contributed by atoms with Crippen LogP contribution >= 0.6 is 12.2 Å². The van der Waals surface area contributed by atoms with Crippen molar-refractivity contribution in [3.05, 3.63) is 40.2 Å². The number of benzene rings is 1. The molecular formula is C12H11FN4S. The zero-order valence-corrected chi connectivity index (χ0v) is 10.6. The first-order valence-electron chi connectivity index (χ1n) is 5.53.